The summed E-state index contributed by atoms with van der Waals surface area (Å²) in [6.45, 7) is 0.507. The van der Waals surface area contributed by atoms with Crippen LogP contribution in [0.3, 0.4) is 0 Å². The molecule has 2 rings (SSSR count). The summed E-state index contributed by atoms with van der Waals surface area (Å²) in [4.78, 5) is 0. The minimum atomic E-state index is -0.612. The average Bonchev–Trinajstić information content (AvgIpc) is 2.84. The van der Waals surface area contributed by atoms with E-state index in [1.807, 2.05) is 0 Å². The minimum Gasteiger partial charge on any atom is -0.493 e. The average molecular weight is 266 g/mol. The van der Waals surface area contributed by atoms with E-state index < -0.39 is 5.60 Å². The van der Waals surface area contributed by atoms with Crippen LogP contribution in [0.1, 0.15) is 25.7 Å². The van der Waals surface area contributed by atoms with E-state index in [0.717, 1.165) is 31.4 Å². The first kappa shape index (κ1) is 13.8. The fourth-order valence-electron chi connectivity index (χ4n) is 2.52. The number of aliphatic hydroxyl groups is 1. The topological polar surface area (TPSA) is 76.7 Å². The molecule has 0 saturated heterocycles. The Bertz CT molecular complexity index is 443. The van der Waals surface area contributed by atoms with Gasteiger partial charge in [0.1, 0.15) is 0 Å². The summed E-state index contributed by atoms with van der Waals surface area (Å²) in [6, 6.07) is 3.52. The van der Waals surface area contributed by atoms with Crippen molar-refractivity contribution in [3.8, 4) is 11.5 Å². The molecule has 4 N–H and O–H groups in total. The Hall–Kier alpha value is -1.62. The maximum absolute atomic E-state index is 10.3. The molecule has 1 aromatic carbocycles. The Morgan fingerprint density at radius 1 is 1.21 bits per heavy atom. The van der Waals surface area contributed by atoms with E-state index in [1.165, 1.54) is 0 Å². The first-order valence-electron chi connectivity index (χ1n) is 6.56. The summed E-state index contributed by atoms with van der Waals surface area (Å²) in [5, 5.41) is 13.5. The third-order valence-corrected chi connectivity index (χ3v) is 3.70. The van der Waals surface area contributed by atoms with Crippen molar-refractivity contribution in [1.29, 1.82) is 0 Å². The van der Waals surface area contributed by atoms with Crippen LogP contribution < -0.4 is 20.5 Å². The summed E-state index contributed by atoms with van der Waals surface area (Å²) in [7, 11) is 3.16. The zero-order valence-corrected chi connectivity index (χ0v) is 11.5. The van der Waals surface area contributed by atoms with Gasteiger partial charge in [-0.25, -0.2) is 0 Å². The van der Waals surface area contributed by atoms with Gasteiger partial charge in [-0.2, -0.15) is 0 Å². The Balaban J connectivity index is 2.11. The molecule has 1 fully saturated rings. The predicted molar refractivity (Wildman–Crippen MR) is 75.9 cm³/mol. The van der Waals surface area contributed by atoms with E-state index in [-0.39, 0.29) is 0 Å². The first-order chi connectivity index (χ1) is 9.08. The Kier molecular flexibility index (Phi) is 4.04. The Morgan fingerprint density at radius 2 is 1.79 bits per heavy atom. The second-order valence-electron chi connectivity index (χ2n) is 5.08. The molecule has 0 aliphatic heterocycles. The molecule has 19 heavy (non-hydrogen) atoms. The van der Waals surface area contributed by atoms with Gasteiger partial charge in [-0.3, -0.25) is 0 Å². The van der Waals surface area contributed by atoms with Crippen molar-refractivity contribution < 1.29 is 14.6 Å². The lowest BCUT2D eigenvalue weighted by atomic mass is 10.0. The number of methoxy groups -OCH3 is 2. The summed E-state index contributed by atoms with van der Waals surface area (Å²) in [6.07, 6.45) is 3.85. The van der Waals surface area contributed by atoms with Crippen molar-refractivity contribution >= 4 is 11.4 Å². The molecule has 5 nitrogen and oxygen atoms in total. The number of hydrogen-bond acceptors (Lipinski definition) is 5. The number of nitrogens with one attached hydrogen (secondary N) is 1. The van der Waals surface area contributed by atoms with Crippen LogP contribution in [0.5, 0.6) is 11.5 Å². The lowest BCUT2D eigenvalue weighted by Gasteiger charge is -2.24. The summed E-state index contributed by atoms with van der Waals surface area (Å²) in [5.74, 6) is 1.22. The van der Waals surface area contributed by atoms with E-state index in [4.69, 9.17) is 15.2 Å². The van der Waals surface area contributed by atoms with Gasteiger partial charge in [0.2, 0.25) is 0 Å². The number of nitrogen functional groups attached to an aromatic ring is 1. The van der Waals surface area contributed by atoms with Crippen molar-refractivity contribution in [2.24, 2.45) is 0 Å². The van der Waals surface area contributed by atoms with Gasteiger partial charge in [-0.15, -0.1) is 0 Å². The normalized spacial score (nSPS) is 17.2. The van der Waals surface area contributed by atoms with Crippen molar-refractivity contribution in [2.75, 3.05) is 31.8 Å². The van der Waals surface area contributed by atoms with Crippen LogP contribution in [0.4, 0.5) is 11.4 Å². The zero-order valence-electron chi connectivity index (χ0n) is 11.5. The van der Waals surface area contributed by atoms with Gasteiger partial charge < -0.3 is 25.6 Å². The number of hydrogen-bond donors (Lipinski definition) is 3. The zero-order chi connectivity index (χ0) is 13.9. The second-order valence-corrected chi connectivity index (χ2v) is 5.08. The Labute approximate surface area is 113 Å². The van der Waals surface area contributed by atoms with E-state index in [9.17, 15) is 5.11 Å². The molecule has 0 bridgehead atoms. The second kappa shape index (κ2) is 5.57. The van der Waals surface area contributed by atoms with Gasteiger partial charge in [-0.1, -0.05) is 12.8 Å². The maximum Gasteiger partial charge on any atom is 0.162 e. The number of anilines is 2. The molecule has 0 amide bonds. The molecule has 5 heteroatoms. The van der Waals surface area contributed by atoms with Gasteiger partial charge in [-0.05, 0) is 12.8 Å². The molecule has 1 aliphatic carbocycles. The summed E-state index contributed by atoms with van der Waals surface area (Å²) < 4.78 is 10.4. The van der Waals surface area contributed by atoms with Gasteiger partial charge >= 0.3 is 0 Å². The highest BCUT2D eigenvalue weighted by Gasteiger charge is 2.30. The van der Waals surface area contributed by atoms with Crippen LogP contribution in [-0.4, -0.2) is 31.5 Å². The van der Waals surface area contributed by atoms with E-state index in [2.05, 4.69) is 5.32 Å². The quantitative estimate of drug-likeness (QED) is 0.711. The molecule has 0 aromatic heterocycles. The highest BCUT2D eigenvalue weighted by molar-refractivity contribution is 5.72. The monoisotopic (exact) mass is 266 g/mol. The number of ether oxygens (including phenoxy) is 2. The lowest BCUT2D eigenvalue weighted by molar-refractivity contribution is 0.0615. The maximum atomic E-state index is 10.3. The van der Waals surface area contributed by atoms with E-state index >= 15 is 0 Å². The van der Waals surface area contributed by atoms with Crippen molar-refractivity contribution in [3.63, 3.8) is 0 Å². The highest BCUT2D eigenvalue weighted by Crippen LogP contribution is 2.36. The van der Waals surface area contributed by atoms with Crippen LogP contribution in [0.25, 0.3) is 0 Å². The van der Waals surface area contributed by atoms with Gasteiger partial charge in [0.05, 0.1) is 31.2 Å². The smallest absolute Gasteiger partial charge is 0.162 e. The van der Waals surface area contributed by atoms with Crippen LogP contribution in [0.2, 0.25) is 0 Å². The SMILES string of the molecule is COc1cc(N)c(NCC2(O)CCCC2)cc1OC. The standard InChI is InChI=1S/C14H22N2O3/c1-18-12-7-10(15)11(8-13(12)19-2)16-9-14(17)5-3-4-6-14/h7-8,16-17H,3-6,9,15H2,1-2H3. The molecule has 0 spiro atoms. The molecule has 0 radical (unpaired) electrons. The first-order valence-corrected chi connectivity index (χ1v) is 6.56. The van der Waals surface area contributed by atoms with Gasteiger partial charge in [0, 0.05) is 18.7 Å². The highest BCUT2D eigenvalue weighted by atomic mass is 16.5. The fraction of sp³-hybridized carbons (Fsp3) is 0.571. The minimum absolute atomic E-state index is 0.507. The fourth-order valence-corrected chi connectivity index (χ4v) is 2.52. The van der Waals surface area contributed by atoms with Gasteiger partial charge in [0.15, 0.2) is 11.5 Å². The van der Waals surface area contributed by atoms with E-state index in [1.54, 1.807) is 26.4 Å². The molecule has 0 unspecified atom stereocenters. The third-order valence-electron chi connectivity index (χ3n) is 3.70. The van der Waals surface area contributed by atoms with Crippen LogP contribution in [0.15, 0.2) is 12.1 Å². The molecular weight excluding hydrogens is 244 g/mol. The molecule has 0 heterocycles. The summed E-state index contributed by atoms with van der Waals surface area (Å²) >= 11 is 0. The largest absolute Gasteiger partial charge is 0.493 e. The van der Waals surface area contributed by atoms with Crippen molar-refractivity contribution in [1.82, 2.24) is 0 Å². The number of benzene rings is 1. The summed E-state index contributed by atoms with van der Waals surface area (Å²) in [5.41, 5.74) is 6.70. The van der Waals surface area contributed by atoms with E-state index in [0.29, 0.717) is 23.7 Å². The third kappa shape index (κ3) is 3.04. The Morgan fingerprint density at radius 3 is 2.37 bits per heavy atom. The van der Waals surface area contributed by atoms with Gasteiger partial charge in [0.25, 0.3) is 0 Å². The molecule has 0 atom stereocenters. The lowest BCUT2D eigenvalue weighted by Crippen LogP contribution is -2.33. The molecule has 1 aliphatic rings. The van der Waals surface area contributed by atoms with Crippen molar-refractivity contribution in [3.05, 3.63) is 12.1 Å². The van der Waals surface area contributed by atoms with Crippen LogP contribution in [0, 0.1) is 0 Å². The molecule has 106 valence electrons. The number of rotatable bonds is 5. The molecule has 1 saturated carbocycles. The van der Waals surface area contributed by atoms with Crippen LogP contribution in [-0.2, 0) is 0 Å². The number of nitrogens with two attached hydrogens (primary N) is 1. The van der Waals surface area contributed by atoms with Crippen LogP contribution >= 0.6 is 0 Å². The molecular formula is C14H22N2O3. The molecule has 1 aromatic rings. The van der Waals surface area contributed by atoms with Crippen molar-refractivity contribution in [2.45, 2.75) is 31.3 Å². The predicted octanol–water partition coefficient (Wildman–Crippen LogP) is 2.00.